The average Bonchev–Trinajstić information content (AvgIpc) is 2.39. The molecular weight excluding hydrogens is 276 g/mol. The summed E-state index contributed by atoms with van der Waals surface area (Å²) in [4.78, 5) is 2.09. The van der Waals surface area contributed by atoms with Gasteiger partial charge in [-0.05, 0) is 43.0 Å². The number of nitrogens with zero attached hydrogens (tertiary/aromatic N) is 4. The summed E-state index contributed by atoms with van der Waals surface area (Å²) >= 11 is 5.70. The van der Waals surface area contributed by atoms with Crippen LogP contribution in [0.5, 0.6) is 0 Å². The fourth-order valence-corrected chi connectivity index (χ4v) is 1.82. The first-order valence-corrected chi connectivity index (χ1v) is 6.46. The molecule has 1 heterocycles. The molecule has 2 rings (SSSR count). The van der Waals surface area contributed by atoms with Crippen LogP contribution in [0.25, 0.3) is 0 Å². The third-order valence-corrected chi connectivity index (χ3v) is 2.78. The second kappa shape index (κ2) is 6.45. The number of halogens is 1. The zero-order chi connectivity index (χ0) is 14.5. The molecule has 0 amide bonds. The van der Waals surface area contributed by atoms with Crippen LogP contribution in [0.3, 0.4) is 0 Å². The van der Waals surface area contributed by atoms with Gasteiger partial charge in [0.1, 0.15) is 11.9 Å². The van der Waals surface area contributed by atoms with Crippen LogP contribution in [0.2, 0.25) is 5.02 Å². The van der Waals surface area contributed by atoms with Crippen LogP contribution in [-0.4, -0.2) is 19.0 Å². The van der Waals surface area contributed by atoms with Gasteiger partial charge >= 0.3 is 5.82 Å². The van der Waals surface area contributed by atoms with E-state index < -0.39 is 0 Å². The monoisotopic (exact) mass is 290 g/mol. The molecule has 2 aromatic rings. The van der Waals surface area contributed by atoms with Crippen molar-refractivity contribution < 1.29 is 4.73 Å². The summed E-state index contributed by atoms with van der Waals surface area (Å²) in [6.07, 6.45) is 1.25. The van der Waals surface area contributed by atoms with Crippen molar-refractivity contribution in [3.63, 3.8) is 0 Å². The van der Waals surface area contributed by atoms with Gasteiger partial charge in [-0.15, -0.1) is 0 Å². The van der Waals surface area contributed by atoms with Crippen molar-refractivity contribution in [3.8, 4) is 0 Å². The van der Waals surface area contributed by atoms with Gasteiger partial charge in [0.15, 0.2) is 0 Å². The highest BCUT2D eigenvalue weighted by atomic mass is 35.5. The second-order valence-corrected chi connectivity index (χ2v) is 5.07. The Kier molecular flexibility index (Phi) is 4.65. The first-order chi connectivity index (χ1) is 9.54. The van der Waals surface area contributed by atoms with Crippen molar-refractivity contribution in [2.75, 3.05) is 14.1 Å². The largest absolute Gasteiger partial charge is 0.710 e. The van der Waals surface area contributed by atoms with Crippen LogP contribution in [0.4, 0.5) is 11.5 Å². The number of pyridine rings is 1. The number of rotatable bonds is 4. The Balaban J connectivity index is 2.11. The van der Waals surface area contributed by atoms with Crippen molar-refractivity contribution in [1.29, 1.82) is 0 Å². The van der Waals surface area contributed by atoms with E-state index in [0.29, 0.717) is 15.4 Å². The van der Waals surface area contributed by atoms with Gasteiger partial charge in [-0.25, -0.2) is 4.73 Å². The minimum absolute atomic E-state index is 0.201. The molecule has 0 aliphatic carbocycles. The summed E-state index contributed by atoms with van der Waals surface area (Å²) in [6.45, 7) is 0.870. The van der Waals surface area contributed by atoms with E-state index in [1.807, 2.05) is 38.4 Å². The zero-order valence-corrected chi connectivity index (χ0v) is 12.1. The van der Waals surface area contributed by atoms with Crippen LogP contribution < -0.4 is 4.73 Å². The predicted octanol–water partition coefficient (Wildman–Crippen LogP) is 3.45. The van der Waals surface area contributed by atoms with Gasteiger partial charge in [-0.1, -0.05) is 23.7 Å². The average molecular weight is 291 g/mol. The minimum Gasteiger partial charge on any atom is -0.710 e. The molecule has 0 unspecified atom stereocenters. The molecule has 1 aromatic heterocycles. The molecule has 1 aromatic carbocycles. The molecule has 20 heavy (non-hydrogen) atoms. The maximum atomic E-state index is 11.5. The van der Waals surface area contributed by atoms with Crippen molar-refractivity contribution in [2.45, 2.75) is 6.54 Å². The van der Waals surface area contributed by atoms with E-state index in [4.69, 9.17) is 11.6 Å². The van der Waals surface area contributed by atoms with Crippen LogP contribution in [0.15, 0.2) is 52.8 Å². The summed E-state index contributed by atoms with van der Waals surface area (Å²) in [6, 6.07) is 10.8. The summed E-state index contributed by atoms with van der Waals surface area (Å²) in [7, 11) is 4.03. The highest BCUT2D eigenvalue weighted by Gasteiger charge is 2.04. The van der Waals surface area contributed by atoms with Gasteiger partial charge < -0.3 is 10.1 Å². The third-order valence-electron chi connectivity index (χ3n) is 2.56. The van der Waals surface area contributed by atoms with Gasteiger partial charge in [-0.3, -0.25) is 0 Å². The summed E-state index contributed by atoms with van der Waals surface area (Å²) in [5.74, 6) is 0.201. The zero-order valence-electron chi connectivity index (χ0n) is 11.3. The maximum Gasteiger partial charge on any atom is 0.353 e. The Morgan fingerprint density at radius 3 is 2.40 bits per heavy atom. The van der Waals surface area contributed by atoms with Gasteiger partial charge in [0.2, 0.25) is 0 Å². The molecule has 0 aliphatic rings. The number of hydrogen-bond donors (Lipinski definition) is 0. The molecule has 0 fully saturated rings. The Morgan fingerprint density at radius 2 is 1.80 bits per heavy atom. The third kappa shape index (κ3) is 4.01. The van der Waals surface area contributed by atoms with E-state index in [2.05, 4.69) is 15.1 Å². The van der Waals surface area contributed by atoms with Crippen molar-refractivity contribution >= 4 is 23.1 Å². The molecule has 0 radical (unpaired) electrons. The van der Waals surface area contributed by atoms with Crippen LogP contribution in [0, 0.1) is 5.21 Å². The van der Waals surface area contributed by atoms with E-state index in [0.717, 1.165) is 6.54 Å². The maximum absolute atomic E-state index is 11.5. The van der Waals surface area contributed by atoms with Gasteiger partial charge in [0.25, 0.3) is 0 Å². The molecule has 0 spiro atoms. The number of azo groups is 1. The molecule has 5 nitrogen and oxygen atoms in total. The minimum atomic E-state index is 0.201. The molecule has 0 atom stereocenters. The van der Waals surface area contributed by atoms with E-state index in [1.54, 1.807) is 6.07 Å². The topological polar surface area (TPSA) is 54.9 Å². The number of benzene rings is 1. The number of aromatic nitrogens is 1. The fraction of sp³-hybridized carbons (Fsp3) is 0.214. The molecule has 0 bridgehead atoms. The first kappa shape index (κ1) is 14.4. The molecule has 0 aliphatic heterocycles. The van der Waals surface area contributed by atoms with E-state index >= 15 is 0 Å². The predicted molar refractivity (Wildman–Crippen MR) is 78.4 cm³/mol. The van der Waals surface area contributed by atoms with E-state index in [9.17, 15) is 5.21 Å². The molecule has 6 heteroatoms. The Hall–Kier alpha value is -1.98. The smallest absolute Gasteiger partial charge is 0.353 e. The summed E-state index contributed by atoms with van der Waals surface area (Å²) < 4.78 is 0.590. The lowest BCUT2D eigenvalue weighted by Crippen LogP contribution is -2.25. The molecular formula is C14H15ClN4O. The number of hydrogen-bond acceptors (Lipinski definition) is 4. The Morgan fingerprint density at radius 1 is 1.10 bits per heavy atom. The van der Waals surface area contributed by atoms with E-state index in [-0.39, 0.29) is 5.82 Å². The van der Waals surface area contributed by atoms with Crippen molar-refractivity contribution in [1.82, 2.24) is 4.90 Å². The quantitative estimate of drug-likeness (QED) is 0.492. The lowest BCUT2D eigenvalue weighted by Gasteiger charge is -2.08. The van der Waals surface area contributed by atoms with Crippen molar-refractivity contribution in [3.05, 3.63) is 58.4 Å². The van der Waals surface area contributed by atoms with Gasteiger partial charge in [-0.2, -0.15) is 0 Å². The van der Waals surface area contributed by atoms with Crippen LogP contribution in [-0.2, 0) is 6.54 Å². The molecule has 104 valence electrons. The Labute approximate surface area is 122 Å². The standard InChI is InChI=1S/C14H15ClN4O/c1-18(2)9-11-3-6-13(7-4-11)16-17-14-8-5-12(15)10-19(14)20/h3-8,10H,9H2,1-2H3. The lowest BCUT2D eigenvalue weighted by molar-refractivity contribution is -0.591. The lowest BCUT2D eigenvalue weighted by atomic mass is 10.2. The van der Waals surface area contributed by atoms with Gasteiger partial charge in [0, 0.05) is 12.6 Å². The second-order valence-electron chi connectivity index (χ2n) is 4.64. The summed E-state index contributed by atoms with van der Waals surface area (Å²) in [5.41, 5.74) is 1.89. The van der Waals surface area contributed by atoms with E-state index in [1.165, 1.54) is 17.8 Å². The SMILES string of the molecule is CN(C)Cc1ccc(N=Nc2ccc(Cl)c[n+]2[O-])cc1. The Bertz CT molecular complexity index is 611. The van der Waals surface area contributed by atoms with Crippen molar-refractivity contribution in [2.24, 2.45) is 10.2 Å². The first-order valence-electron chi connectivity index (χ1n) is 6.09. The normalized spacial score (nSPS) is 11.4. The van der Waals surface area contributed by atoms with Crippen LogP contribution >= 0.6 is 11.6 Å². The summed E-state index contributed by atoms with van der Waals surface area (Å²) in [5, 5.41) is 19.8. The van der Waals surface area contributed by atoms with Gasteiger partial charge in [0.05, 0.1) is 10.1 Å². The highest BCUT2D eigenvalue weighted by Crippen LogP contribution is 2.17. The molecule has 0 N–H and O–H groups in total. The molecule has 0 saturated heterocycles. The molecule has 0 saturated carbocycles. The highest BCUT2D eigenvalue weighted by molar-refractivity contribution is 6.30. The fourth-order valence-electron chi connectivity index (χ4n) is 1.67. The van der Waals surface area contributed by atoms with Crippen LogP contribution in [0.1, 0.15) is 5.56 Å².